The van der Waals surface area contributed by atoms with E-state index in [1.807, 2.05) is 31.4 Å². The Morgan fingerprint density at radius 1 is 1.36 bits per heavy atom. The van der Waals surface area contributed by atoms with Crippen molar-refractivity contribution in [1.82, 2.24) is 9.97 Å². The van der Waals surface area contributed by atoms with Crippen LogP contribution in [-0.2, 0) is 12.6 Å². The molecule has 0 unspecified atom stereocenters. The monoisotopic (exact) mass is 427 g/mol. The van der Waals surface area contributed by atoms with E-state index >= 15 is 0 Å². The molecule has 0 saturated heterocycles. The fourth-order valence-corrected chi connectivity index (χ4v) is 4.44. The highest BCUT2D eigenvalue weighted by atomic mass is 32.1. The molecule has 3 heterocycles. The summed E-state index contributed by atoms with van der Waals surface area (Å²) in [4.78, 5) is 20.4. The van der Waals surface area contributed by atoms with Crippen LogP contribution in [-0.4, -0.2) is 21.0 Å². The number of nitrogens with one attached hydrogen (secondary N) is 1. The summed E-state index contributed by atoms with van der Waals surface area (Å²) < 4.78 is 39.8. The number of thiazole rings is 1. The standard InChI is InChI=1S/C18H16F3N3O2S2/c1-9(2)6-13-14(18(19,20)21)23-17(28-13)24-15-11(16(25)26)7-10(8-22-15)12-4-3-5-27-12/h3-5,7-9H,6H2,1-2H3,(H,25,26)(H,22,23,24). The van der Waals surface area contributed by atoms with Crippen LogP contribution in [0.25, 0.3) is 10.4 Å². The fraction of sp³-hybridized carbons (Fsp3) is 0.278. The number of rotatable bonds is 6. The lowest BCUT2D eigenvalue weighted by atomic mass is 10.1. The van der Waals surface area contributed by atoms with Crippen LogP contribution < -0.4 is 5.32 Å². The first-order chi connectivity index (χ1) is 13.1. The van der Waals surface area contributed by atoms with E-state index in [1.54, 1.807) is 0 Å². The number of pyridine rings is 1. The number of halogens is 3. The maximum Gasteiger partial charge on any atom is 0.434 e. The Morgan fingerprint density at radius 2 is 2.11 bits per heavy atom. The van der Waals surface area contributed by atoms with E-state index in [2.05, 4.69) is 15.3 Å². The molecule has 0 amide bonds. The van der Waals surface area contributed by atoms with Crippen molar-refractivity contribution >= 4 is 39.6 Å². The molecule has 0 aromatic carbocycles. The van der Waals surface area contributed by atoms with Gasteiger partial charge in [0, 0.05) is 21.5 Å². The van der Waals surface area contributed by atoms with Gasteiger partial charge in [-0.2, -0.15) is 13.2 Å². The van der Waals surface area contributed by atoms with Crippen molar-refractivity contribution in [3.8, 4) is 10.4 Å². The number of carboxylic acid groups (broad SMARTS) is 1. The molecule has 0 radical (unpaired) electrons. The Labute approximate surface area is 166 Å². The molecule has 0 atom stereocenters. The molecule has 3 rings (SSSR count). The fourth-order valence-electron chi connectivity index (χ4n) is 2.54. The van der Waals surface area contributed by atoms with Gasteiger partial charge in [0.2, 0.25) is 0 Å². The van der Waals surface area contributed by atoms with Crippen LogP contribution in [0.5, 0.6) is 0 Å². The molecule has 0 aliphatic carbocycles. The normalized spacial score (nSPS) is 11.8. The third kappa shape index (κ3) is 4.50. The van der Waals surface area contributed by atoms with Gasteiger partial charge in [-0.15, -0.1) is 22.7 Å². The number of carboxylic acids is 1. The number of hydrogen-bond donors (Lipinski definition) is 2. The molecule has 0 bridgehead atoms. The van der Waals surface area contributed by atoms with Crippen molar-refractivity contribution in [1.29, 1.82) is 0 Å². The predicted octanol–water partition coefficient (Wildman–Crippen LogP) is 5.93. The van der Waals surface area contributed by atoms with Gasteiger partial charge in [0.05, 0.1) is 0 Å². The quantitative estimate of drug-likeness (QED) is 0.510. The Balaban J connectivity index is 1.97. The minimum Gasteiger partial charge on any atom is -0.478 e. The maximum absolute atomic E-state index is 13.3. The first-order valence-electron chi connectivity index (χ1n) is 8.26. The summed E-state index contributed by atoms with van der Waals surface area (Å²) in [6.07, 6.45) is -2.87. The zero-order valence-corrected chi connectivity index (χ0v) is 16.5. The number of alkyl halides is 3. The summed E-state index contributed by atoms with van der Waals surface area (Å²) in [6.45, 7) is 3.64. The molecule has 0 aliphatic rings. The summed E-state index contributed by atoms with van der Waals surface area (Å²) in [6, 6.07) is 5.10. The van der Waals surface area contributed by atoms with E-state index in [4.69, 9.17) is 0 Å². The molecular formula is C18H16F3N3O2S2. The van der Waals surface area contributed by atoms with Gasteiger partial charge in [0.25, 0.3) is 0 Å². The molecular weight excluding hydrogens is 411 g/mol. The average Bonchev–Trinajstić information content (AvgIpc) is 3.24. The van der Waals surface area contributed by atoms with E-state index in [-0.39, 0.29) is 33.7 Å². The minimum atomic E-state index is -4.58. The van der Waals surface area contributed by atoms with Crippen molar-refractivity contribution < 1.29 is 23.1 Å². The van der Waals surface area contributed by atoms with Crippen molar-refractivity contribution in [3.05, 3.63) is 45.9 Å². The summed E-state index contributed by atoms with van der Waals surface area (Å²) in [5, 5.41) is 14.0. The van der Waals surface area contributed by atoms with E-state index < -0.39 is 17.8 Å². The average molecular weight is 427 g/mol. The molecule has 0 aliphatic heterocycles. The molecule has 10 heteroatoms. The largest absolute Gasteiger partial charge is 0.478 e. The van der Waals surface area contributed by atoms with Gasteiger partial charge in [0.15, 0.2) is 10.8 Å². The molecule has 0 saturated carbocycles. The zero-order valence-electron chi connectivity index (χ0n) is 14.9. The SMILES string of the molecule is CC(C)Cc1sc(Nc2ncc(-c3cccs3)cc2C(=O)O)nc1C(F)(F)F. The summed E-state index contributed by atoms with van der Waals surface area (Å²) >= 11 is 2.29. The lowest BCUT2D eigenvalue weighted by molar-refractivity contribution is -0.141. The van der Waals surface area contributed by atoms with Crippen LogP contribution in [0.15, 0.2) is 29.8 Å². The molecule has 5 nitrogen and oxygen atoms in total. The second kappa shape index (κ2) is 7.88. The van der Waals surface area contributed by atoms with Crippen LogP contribution >= 0.6 is 22.7 Å². The van der Waals surface area contributed by atoms with Crippen molar-refractivity contribution in [2.45, 2.75) is 26.4 Å². The predicted molar refractivity (Wildman–Crippen MR) is 103 cm³/mol. The summed E-state index contributed by atoms with van der Waals surface area (Å²) in [5.74, 6) is -1.26. The number of hydrogen-bond acceptors (Lipinski definition) is 6. The van der Waals surface area contributed by atoms with Crippen LogP contribution in [0.2, 0.25) is 0 Å². The lowest BCUT2D eigenvalue weighted by Gasteiger charge is -2.08. The molecule has 28 heavy (non-hydrogen) atoms. The van der Waals surface area contributed by atoms with Gasteiger partial charge in [0.1, 0.15) is 11.4 Å². The molecule has 148 valence electrons. The number of carbonyl (C=O) groups is 1. The van der Waals surface area contributed by atoms with Gasteiger partial charge in [-0.1, -0.05) is 19.9 Å². The van der Waals surface area contributed by atoms with E-state index in [1.165, 1.54) is 23.6 Å². The number of thiophene rings is 1. The van der Waals surface area contributed by atoms with E-state index in [0.29, 0.717) is 5.56 Å². The second-order valence-corrected chi connectivity index (χ2v) is 8.45. The van der Waals surface area contributed by atoms with Crippen LogP contribution in [0.1, 0.15) is 34.8 Å². The Bertz CT molecular complexity index is 983. The van der Waals surface area contributed by atoms with Gasteiger partial charge < -0.3 is 10.4 Å². The number of anilines is 2. The maximum atomic E-state index is 13.3. The van der Waals surface area contributed by atoms with Crippen molar-refractivity contribution in [3.63, 3.8) is 0 Å². The minimum absolute atomic E-state index is 0.0205. The van der Waals surface area contributed by atoms with Gasteiger partial charge in [-0.05, 0) is 29.9 Å². The van der Waals surface area contributed by atoms with Crippen LogP contribution in [0.4, 0.5) is 24.1 Å². The second-order valence-electron chi connectivity index (χ2n) is 6.41. The molecule has 0 fully saturated rings. The highest BCUT2D eigenvalue weighted by molar-refractivity contribution is 7.15. The number of nitrogens with zero attached hydrogens (tertiary/aromatic N) is 2. The van der Waals surface area contributed by atoms with Gasteiger partial charge in [-0.25, -0.2) is 14.8 Å². The molecule has 3 aromatic rings. The molecule has 0 spiro atoms. The third-order valence-corrected chi connectivity index (χ3v) is 5.62. The first kappa shape index (κ1) is 20.3. The molecule has 3 aromatic heterocycles. The van der Waals surface area contributed by atoms with E-state index in [0.717, 1.165) is 16.2 Å². The highest BCUT2D eigenvalue weighted by Crippen LogP contribution is 2.38. The van der Waals surface area contributed by atoms with Crippen molar-refractivity contribution in [2.24, 2.45) is 5.92 Å². The van der Waals surface area contributed by atoms with Crippen LogP contribution in [0, 0.1) is 5.92 Å². The van der Waals surface area contributed by atoms with Gasteiger partial charge in [-0.3, -0.25) is 0 Å². The summed E-state index contributed by atoms with van der Waals surface area (Å²) in [7, 11) is 0. The van der Waals surface area contributed by atoms with Crippen molar-refractivity contribution in [2.75, 3.05) is 5.32 Å². The first-order valence-corrected chi connectivity index (χ1v) is 9.96. The topological polar surface area (TPSA) is 75.1 Å². The zero-order chi connectivity index (χ0) is 20.5. The highest BCUT2D eigenvalue weighted by Gasteiger charge is 2.37. The summed E-state index contributed by atoms with van der Waals surface area (Å²) in [5.41, 5.74) is -0.464. The number of aromatic nitrogens is 2. The Kier molecular flexibility index (Phi) is 5.71. The van der Waals surface area contributed by atoms with E-state index in [9.17, 15) is 23.1 Å². The third-order valence-electron chi connectivity index (χ3n) is 3.71. The number of aromatic carboxylic acids is 1. The van der Waals surface area contributed by atoms with Crippen LogP contribution in [0.3, 0.4) is 0 Å². The Morgan fingerprint density at radius 3 is 2.68 bits per heavy atom. The lowest BCUT2D eigenvalue weighted by Crippen LogP contribution is -2.10. The van der Waals surface area contributed by atoms with Gasteiger partial charge >= 0.3 is 12.1 Å². The smallest absolute Gasteiger partial charge is 0.434 e. The molecule has 2 N–H and O–H groups in total. The Hall–Kier alpha value is -2.46.